The van der Waals surface area contributed by atoms with Gasteiger partial charge in [0, 0.05) is 5.69 Å². The molecule has 0 spiro atoms. The van der Waals surface area contributed by atoms with E-state index in [0.717, 1.165) is 29.8 Å². The monoisotopic (exact) mass is 353 g/mol. The molecule has 1 aromatic heterocycles. The Labute approximate surface area is 149 Å². The number of rotatable bonds is 5. The molecule has 26 heavy (non-hydrogen) atoms. The number of nitrogens with one attached hydrogen (secondary N) is 2. The number of aryl methyl sites for hydroxylation is 1. The summed E-state index contributed by atoms with van der Waals surface area (Å²) in [4.78, 5) is 16.4. The van der Waals surface area contributed by atoms with Crippen LogP contribution in [-0.2, 0) is 6.42 Å². The van der Waals surface area contributed by atoms with Gasteiger partial charge >= 0.3 is 0 Å². The van der Waals surface area contributed by atoms with Crippen LogP contribution in [0.2, 0.25) is 0 Å². The minimum absolute atomic E-state index is 0.204. The first kappa shape index (κ1) is 17.5. The standard InChI is InChI=1S/C20H17F2N3O/c1-2-13-6-3-4-9-17(13)25-20(26)18-11-10-14(12-23-18)24-19-15(21)7-5-8-16(19)22/h3-12,24H,2H2,1H3,(H,25,26). The van der Waals surface area contributed by atoms with Crippen LogP contribution in [0.3, 0.4) is 0 Å². The number of hydrogen-bond donors (Lipinski definition) is 2. The van der Waals surface area contributed by atoms with Crippen LogP contribution in [0.5, 0.6) is 0 Å². The van der Waals surface area contributed by atoms with Crippen LogP contribution < -0.4 is 10.6 Å². The zero-order chi connectivity index (χ0) is 18.5. The number of pyridine rings is 1. The topological polar surface area (TPSA) is 54.0 Å². The van der Waals surface area contributed by atoms with Crippen LogP contribution in [0.4, 0.5) is 25.8 Å². The summed E-state index contributed by atoms with van der Waals surface area (Å²) in [5, 5.41) is 5.45. The highest BCUT2D eigenvalue weighted by atomic mass is 19.1. The minimum Gasteiger partial charge on any atom is -0.349 e. The van der Waals surface area contributed by atoms with Gasteiger partial charge in [0.1, 0.15) is 23.0 Å². The van der Waals surface area contributed by atoms with Gasteiger partial charge in [0.25, 0.3) is 5.91 Å². The number of aromatic nitrogens is 1. The van der Waals surface area contributed by atoms with E-state index in [1.807, 2.05) is 31.2 Å². The molecule has 3 aromatic rings. The molecule has 1 heterocycles. The fraction of sp³-hybridized carbons (Fsp3) is 0.100. The molecular formula is C20H17F2N3O. The van der Waals surface area contributed by atoms with Crippen molar-refractivity contribution < 1.29 is 13.6 Å². The van der Waals surface area contributed by atoms with Crippen molar-refractivity contribution in [3.8, 4) is 0 Å². The lowest BCUT2D eigenvalue weighted by atomic mass is 10.1. The molecular weight excluding hydrogens is 336 g/mol. The number of halogens is 2. The number of hydrogen-bond acceptors (Lipinski definition) is 3. The average Bonchev–Trinajstić information content (AvgIpc) is 2.66. The van der Waals surface area contributed by atoms with Crippen molar-refractivity contribution in [3.05, 3.63) is 83.7 Å². The van der Waals surface area contributed by atoms with Crippen molar-refractivity contribution in [1.82, 2.24) is 4.98 Å². The van der Waals surface area contributed by atoms with Crippen LogP contribution in [-0.4, -0.2) is 10.9 Å². The molecule has 132 valence electrons. The van der Waals surface area contributed by atoms with Gasteiger partial charge in [-0.3, -0.25) is 4.79 Å². The van der Waals surface area contributed by atoms with Gasteiger partial charge < -0.3 is 10.6 Å². The maximum atomic E-state index is 13.7. The third-order valence-corrected chi connectivity index (χ3v) is 3.87. The number of anilines is 3. The molecule has 0 bridgehead atoms. The molecule has 0 atom stereocenters. The zero-order valence-electron chi connectivity index (χ0n) is 14.1. The van der Waals surface area contributed by atoms with Gasteiger partial charge in [-0.2, -0.15) is 0 Å². The molecule has 2 aromatic carbocycles. The molecule has 1 amide bonds. The fourth-order valence-electron chi connectivity index (χ4n) is 2.50. The van der Waals surface area contributed by atoms with E-state index in [4.69, 9.17) is 0 Å². The second-order valence-electron chi connectivity index (χ2n) is 5.62. The number of para-hydroxylation sites is 2. The highest BCUT2D eigenvalue weighted by Gasteiger charge is 2.11. The lowest BCUT2D eigenvalue weighted by Gasteiger charge is -2.10. The maximum Gasteiger partial charge on any atom is 0.274 e. The Morgan fingerprint density at radius 1 is 1.00 bits per heavy atom. The van der Waals surface area contributed by atoms with Crippen molar-refractivity contribution in [2.45, 2.75) is 13.3 Å². The predicted molar refractivity (Wildman–Crippen MR) is 97.7 cm³/mol. The first-order chi connectivity index (χ1) is 12.6. The first-order valence-electron chi connectivity index (χ1n) is 8.15. The lowest BCUT2D eigenvalue weighted by molar-refractivity contribution is 0.102. The smallest absolute Gasteiger partial charge is 0.274 e. The van der Waals surface area contributed by atoms with E-state index < -0.39 is 11.6 Å². The van der Waals surface area contributed by atoms with E-state index in [-0.39, 0.29) is 17.3 Å². The van der Waals surface area contributed by atoms with Crippen molar-refractivity contribution in [2.24, 2.45) is 0 Å². The summed E-state index contributed by atoms with van der Waals surface area (Å²) in [6.07, 6.45) is 2.15. The van der Waals surface area contributed by atoms with Crippen LogP contribution in [0.25, 0.3) is 0 Å². The maximum absolute atomic E-state index is 13.7. The second kappa shape index (κ2) is 7.74. The number of benzene rings is 2. The van der Waals surface area contributed by atoms with Gasteiger partial charge in [-0.25, -0.2) is 13.8 Å². The quantitative estimate of drug-likeness (QED) is 0.685. The van der Waals surface area contributed by atoms with Crippen LogP contribution in [0.15, 0.2) is 60.8 Å². The van der Waals surface area contributed by atoms with Crippen molar-refractivity contribution >= 4 is 23.0 Å². The summed E-state index contributed by atoms with van der Waals surface area (Å²) in [5.74, 6) is -1.76. The molecule has 0 fully saturated rings. The van der Waals surface area contributed by atoms with Crippen LogP contribution >= 0.6 is 0 Å². The molecule has 0 aliphatic carbocycles. The van der Waals surface area contributed by atoms with Crippen molar-refractivity contribution in [1.29, 1.82) is 0 Å². The molecule has 6 heteroatoms. The highest BCUT2D eigenvalue weighted by Crippen LogP contribution is 2.23. The zero-order valence-corrected chi connectivity index (χ0v) is 14.1. The Kier molecular flexibility index (Phi) is 5.22. The largest absolute Gasteiger partial charge is 0.349 e. The first-order valence-corrected chi connectivity index (χ1v) is 8.15. The summed E-state index contributed by atoms with van der Waals surface area (Å²) >= 11 is 0. The van der Waals surface area contributed by atoms with E-state index in [2.05, 4.69) is 15.6 Å². The number of nitrogens with zero attached hydrogens (tertiary/aromatic N) is 1. The molecule has 0 saturated heterocycles. The Hall–Kier alpha value is -3.28. The van der Waals surface area contributed by atoms with Gasteiger partial charge in [-0.15, -0.1) is 0 Å². The lowest BCUT2D eigenvalue weighted by Crippen LogP contribution is -2.14. The molecule has 0 aliphatic heterocycles. The van der Waals surface area contributed by atoms with E-state index in [0.29, 0.717) is 5.69 Å². The van der Waals surface area contributed by atoms with Gasteiger partial charge in [-0.05, 0) is 42.3 Å². The third kappa shape index (κ3) is 3.85. The van der Waals surface area contributed by atoms with E-state index in [1.165, 1.54) is 18.3 Å². The fourth-order valence-corrected chi connectivity index (χ4v) is 2.50. The number of carbonyl (C=O) groups excluding carboxylic acids is 1. The molecule has 3 rings (SSSR count). The van der Waals surface area contributed by atoms with Crippen LogP contribution in [0, 0.1) is 11.6 Å². The van der Waals surface area contributed by atoms with Crippen molar-refractivity contribution in [3.63, 3.8) is 0 Å². The van der Waals surface area contributed by atoms with Gasteiger partial charge in [0.15, 0.2) is 0 Å². The van der Waals surface area contributed by atoms with E-state index in [1.54, 1.807) is 6.07 Å². The van der Waals surface area contributed by atoms with Crippen LogP contribution in [0.1, 0.15) is 23.0 Å². The minimum atomic E-state index is -0.706. The van der Waals surface area contributed by atoms with E-state index in [9.17, 15) is 13.6 Å². The third-order valence-electron chi connectivity index (χ3n) is 3.87. The SMILES string of the molecule is CCc1ccccc1NC(=O)c1ccc(Nc2c(F)cccc2F)cn1. The van der Waals surface area contributed by atoms with Crippen molar-refractivity contribution in [2.75, 3.05) is 10.6 Å². The predicted octanol–water partition coefficient (Wildman–Crippen LogP) is 4.92. The average molecular weight is 353 g/mol. The molecule has 4 nitrogen and oxygen atoms in total. The second-order valence-corrected chi connectivity index (χ2v) is 5.62. The summed E-state index contributed by atoms with van der Waals surface area (Å²) in [6, 6.07) is 14.2. The molecule has 0 radical (unpaired) electrons. The summed E-state index contributed by atoms with van der Waals surface area (Å²) in [6.45, 7) is 2.01. The Morgan fingerprint density at radius 2 is 1.73 bits per heavy atom. The Morgan fingerprint density at radius 3 is 2.38 bits per heavy atom. The molecule has 0 aliphatic rings. The number of carbonyl (C=O) groups is 1. The summed E-state index contributed by atoms with van der Waals surface area (Å²) in [7, 11) is 0. The summed E-state index contributed by atoms with van der Waals surface area (Å²) < 4.78 is 27.3. The van der Waals surface area contributed by atoms with E-state index >= 15 is 0 Å². The van der Waals surface area contributed by atoms with Gasteiger partial charge in [0.05, 0.1) is 11.9 Å². The Balaban J connectivity index is 1.74. The molecule has 0 saturated carbocycles. The van der Waals surface area contributed by atoms with Gasteiger partial charge in [-0.1, -0.05) is 31.2 Å². The normalized spacial score (nSPS) is 10.4. The summed E-state index contributed by atoms with van der Waals surface area (Å²) in [5.41, 5.74) is 2.07. The Bertz CT molecular complexity index is 906. The highest BCUT2D eigenvalue weighted by molar-refractivity contribution is 6.03. The molecule has 2 N–H and O–H groups in total. The number of amides is 1. The van der Waals surface area contributed by atoms with Gasteiger partial charge in [0.2, 0.25) is 0 Å². The molecule has 0 unspecified atom stereocenters.